The smallest absolute Gasteiger partial charge is 0.294 e. The third-order valence-corrected chi connectivity index (χ3v) is 7.72. The first-order chi connectivity index (χ1) is 15.1. The van der Waals surface area contributed by atoms with Gasteiger partial charge in [-0.1, -0.05) is 23.5 Å². The minimum Gasteiger partial charge on any atom is -0.294 e. The standard InChI is InChI=1S/C21H19F2N3O4S2/c1-13-19(32(28,29)30)31-20(24-13)26-11-3-2-10-25(21(26)27)16-7-4-14(5-8-16)17-12-15(22)6-9-18(17)23/h4-9,12H,2-3,10-11H2,1H3,(H,28,29,30). The molecule has 11 heteroatoms. The summed E-state index contributed by atoms with van der Waals surface area (Å²) in [5.41, 5.74) is 1.28. The van der Waals surface area contributed by atoms with Gasteiger partial charge in [0.1, 0.15) is 11.6 Å². The Morgan fingerprint density at radius 3 is 2.31 bits per heavy atom. The van der Waals surface area contributed by atoms with Gasteiger partial charge in [0, 0.05) is 24.3 Å². The van der Waals surface area contributed by atoms with Crippen LogP contribution in [-0.4, -0.2) is 37.1 Å². The van der Waals surface area contributed by atoms with Crippen molar-refractivity contribution in [3.63, 3.8) is 0 Å². The molecule has 3 aromatic rings. The van der Waals surface area contributed by atoms with Gasteiger partial charge in [-0.2, -0.15) is 8.42 Å². The molecular formula is C21H19F2N3O4S2. The predicted molar refractivity (Wildman–Crippen MR) is 118 cm³/mol. The molecule has 168 valence electrons. The van der Waals surface area contributed by atoms with Gasteiger partial charge in [0.25, 0.3) is 0 Å². The third kappa shape index (κ3) is 4.36. The number of anilines is 2. The number of nitrogens with zero attached hydrogens (tertiary/aromatic N) is 3. The molecule has 0 saturated carbocycles. The summed E-state index contributed by atoms with van der Waals surface area (Å²) in [4.78, 5) is 20.4. The molecule has 0 atom stereocenters. The van der Waals surface area contributed by atoms with Gasteiger partial charge >= 0.3 is 16.1 Å². The van der Waals surface area contributed by atoms with Gasteiger partial charge in [-0.25, -0.2) is 18.6 Å². The van der Waals surface area contributed by atoms with E-state index in [9.17, 15) is 26.5 Å². The zero-order valence-corrected chi connectivity index (χ0v) is 18.6. The van der Waals surface area contributed by atoms with Crippen molar-refractivity contribution in [3.05, 3.63) is 59.8 Å². The van der Waals surface area contributed by atoms with Gasteiger partial charge in [0.15, 0.2) is 9.34 Å². The summed E-state index contributed by atoms with van der Waals surface area (Å²) in [7, 11) is -4.43. The van der Waals surface area contributed by atoms with Crippen LogP contribution in [0.1, 0.15) is 18.5 Å². The molecule has 1 fully saturated rings. The van der Waals surface area contributed by atoms with Crippen LogP contribution >= 0.6 is 11.3 Å². The van der Waals surface area contributed by atoms with E-state index >= 15 is 0 Å². The molecule has 0 radical (unpaired) electrons. The van der Waals surface area contributed by atoms with E-state index in [0.29, 0.717) is 37.2 Å². The van der Waals surface area contributed by atoms with Crippen LogP contribution in [0.15, 0.2) is 46.7 Å². The SMILES string of the molecule is Cc1nc(N2CCCCN(c3ccc(-c4cc(F)ccc4F)cc3)C2=O)sc1S(=O)(=O)O. The molecular weight excluding hydrogens is 460 g/mol. The third-order valence-electron chi connectivity index (χ3n) is 5.10. The van der Waals surface area contributed by atoms with Crippen LogP contribution in [0.25, 0.3) is 11.1 Å². The molecule has 1 aromatic heterocycles. The van der Waals surface area contributed by atoms with E-state index in [0.717, 1.165) is 29.5 Å². The van der Waals surface area contributed by atoms with Gasteiger partial charge < -0.3 is 0 Å². The molecule has 7 nitrogen and oxygen atoms in total. The van der Waals surface area contributed by atoms with E-state index in [2.05, 4.69) is 4.98 Å². The lowest BCUT2D eigenvalue weighted by Gasteiger charge is -2.26. The molecule has 1 aliphatic rings. The number of amides is 2. The topological polar surface area (TPSA) is 90.8 Å². The Morgan fingerprint density at radius 1 is 1.03 bits per heavy atom. The van der Waals surface area contributed by atoms with Crippen molar-refractivity contribution < 1.29 is 26.5 Å². The molecule has 4 rings (SSSR count). The number of urea groups is 1. The highest BCUT2D eigenvalue weighted by Gasteiger charge is 2.30. The van der Waals surface area contributed by atoms with Gasteiger partial charge in [-0.3, -0.25) is 14.4 Å². The van der Waals surface area contributed by atoms with Crippen LogP contribution < -0.4 is 9.80 Å². The molecule has 2 amide bonds. The fourth-order valence-electron chi connectivity index (χ4n) is 3.56. The van der Waals surface area contributed by atoms with E-state index < -0.39 is 21.8 Å². The van der Waals surface area contributed by atoms with Crippen LogP contribution in [0, 0.1) is 18.6 Å². The number of hydrogen-bond donors (Lipinski definition) is 1. The van der Waals surface area contributed by atoms with Crippen molar-refractivity contribution in [2.45, 2.75) is 24.0 Å². The number of rotatable bonds is 4. The summed E-state index contributed by atoms with van der Waals surface area (Å²) in [5.74, 6) is -1.10. The summed E-state index contributed by atoms with van der Waals surface area (Å²) in [6.45, 7) is 2.23. The maximum atomic E-state index is 14.1. The summed E-state index contributed by atoms with van der Waals surface area (Å²) in [5, 5.41) is 0.186. The first-order valence-electron chi connectivity index (χ1n) is 9.74. The zero-order chi connectivity index (χ0) is 23.0. The first-order valence-corrected chi connectivity index (χ1v) is 12.0. The van der Waals surface area contributed by atoms with Gasteiger partial charge in [0.05, 0.1) is 5.69 Å². The number of thiazole rings is 1. The van der Waals surface area contributed by atoms with Crippen molar-refractivity contribution in [1.29, 1.82) is 0 Å². The van der Waals surface area contributed by atoms with E-state index in [4.69, 9.17) is 0 Å². The number of carbonyl (C=O) groups is 1. The maximum Gasteiger partial charge on any atom is 0.330 e. The van der Waals surface area contributed by atoms with Crippen molar-refractivity contribution in [2.75, 3.05) is 22.9 Å². The predicted octanol–water partition coefficient (Wildman–Crippen LogP) is 4.87. The van der Waals surface area contributed by atoms with Crippen molar-refractivity contribution in [1.82, 2.24) is 4.98 Å². The number of halogens is 2. The van der Waals surface area contributed by atoms with Crippen LogP contribution in [0.2, 0.25) is 0 Å². The van der Waals surface area contributed by atoms with E-state index in [1.54, 1.807) is 24.3 Å². The lowest BCUT2D eigenvalue weighted by Crippen LogP contribution is -2.42. The molecule has 0 unspecified atom stereocenters. The summed E-state index contributed by atoms with van der Waals surface area (Å²) >= 11 is 0.738. The number of carbonyl (C=O) groups excluding carboxylic acids is 1. The molecule has 0 spiro atoms. The molecule has 2 aromatic carbocycles. The molecule has 0 aliphatic carbocycles. The quantitative estimate of drug-likeness (QED) is 0.539. The zero-order valence-electron chi connectivity index (χ0n) is 17.0. The number of benzene rings is 2. The average molecular weight is 480 g/mol. The Morgan fingerprint density at radius 2 is 1.69 bits per heavy atom. The summed E-state index contributed by atoms with van der Waals surface area (Å²) in [6, 6.07) is 9.36. The van der Waals surface area contributed by atoms with Crippen molar-refractivity contribution >= 4 is 38.3 Å². The average Bonchev–Trinajstić information content (AvgIpc) is 3.03. The summed E-state index contributed by atoms with van der Waals surface area (Å²) in [6.07, 6.45) is 1.38. The first kappa shape index (κ1) is 22.3. The van der Waals surface area contributed by atoms with E-state index in [1.807, 2.05) is 0 Å². The molecule has 0 bridgehead atoms. The van der Waals surface area contributed by atoms with Crippen LogP contribution in [0.5, 0.6) is 0 Å². The van der Waals surface area contributed by atoms with Gasteiger partial charge in [-0.15, -0.1) is 0 Å². The van der Waals surface area contributed by atoms with Crippen molar-refractivity contribution in [2.24, 2.45) is 0 Å². The monoisotopic (exact) mass is 479 g/mol. The Balaban J connectivity index is 1.64. The Hall–Kier alpha value is -2.89. The molecule has 1 N–H and O–H groups in total. The fraction of sp³-hybridized carbons (Fsp3) is 0.238. The number of aryl methyl sites for hydroxylation is 1. The molecule has 2 heterocycles. The van der Waals surface area contributed by atoms with Gasteiger partial charge in [0.2, 0.25) is 0 Å². The Kier molecular flexibility index (Phi) is 5.97. The fourth-order valence-corrected chi connectivity index (χ4v) is 5.44. The second kappa shape index (κ2) is 8.57. The lowest BCUT2D eigenvalue weighted by atomic mass is 10.0. The van der Waals surface area contributed by atoms with Crippen molar-refractivity contribution in [3.8, 4) is 11.1 Å². The highest BCUT2D eigenvalue weighted by atomic mass is 32.3. The lowest BCUT2D eigenvalue weighted by molar-refractivity contribution is 0.252. The van der Waals surface area contributed by atoms with E-state index in [1.165, 1.54) is 16.7 Å². The highest BCUT2D eigenvalue weighted by molar-refractivity contribution is 7.88. The largest absolute Gasteiger partial charge is 0.330 e. The highest BCUT2D eigenvalue weighted by Crippen LogP contribution is 2.33. The maximum absolute atomic E-state index is 14.1. The second-order valence-electron chi connectivity index (χ2n) is 7.31. The number of hydrogen-bond acceptors (Lipinski definition) is 5. The van der Waals surface area contributed by atoms with Crippen LogP contribution in [0.3, 0.4) is 0 Å². The minimum atomic E-state index is -4.43. The normalized spacial score (nSPS) is 15.2. The molecule has 1 aliphatic heterocycles. The van der Waals surface area contributed by atoms with E-state index in [-0.39, 0.29) is 26.6 Å². The minimum absolute atomic E-state index is 0.122. The molecule has 1 saturated heterocycles. The Labute approximate surface area is 187 Å². The second-order valence-corrected chi connectivity index (χ2v) is 9.90. The Bertz CT molecular complexity index is 1280. The summed E-state index contributed by atoms with van der Waals surface area (Å²) < 4.78 is 59.8. The van der Waals surface area contributed by atoms with Crippen LogP contribution in [0.4, 0.5) is 24.4 Å². The molecule has 32 heavy (non-hydrogen) atoms. The van der Waals surface area contributed by atoms with Crippen LogP contribution in [-0.2, 0) is 10.1 Å². The van der Waals surface area contributed by atoms with Gasteiger partial charge in [-0.05, 0) is 55.7 Å². The number of aromatic nitrogens is 1.